The van der Waals surface area contributed by atoms with Gasteiger partial charge in [-0.05, 0) is 34.6 Å². The van der Waals surface area contributed by atoms with E-state index in [9.17, 15) is 19.2 Å². The van der Waals surface area contributed by atoms with Crippen molar-refractivity contribution in [3.63, 3.8) is 0 Å². The zero-order valence-corrected chi connectivity index (χ0v) is 13.7. The second kappa shape index (κ2) is 9.78. The number of aliphatic hydroxyl groups excluding tert-OH is 1. The van der Waals surface area contributed by atoms with Crippen LogP contribution >= 0.6 is 0 Å². The molecule has 0 radical (unpaired) electrons. The van der Waals surface area contributed by atoms with Gasteiger partial charge < -0.3 is 24.1 Å². The van der Waals surface area contributed by atoms with Crippen LogP contribution in [0.25, 0.3) is 0 Å². The van der Waals surface area contributed by atoms with Gasteiger partial charge in [0.2, 0.25) is 0 Å². The average molecular weight is 334 g/mol. The van der Waals surface area contributed by atoms with Crippen LogP contribution in [0, 0.1) is 0 Å². The monoisotopic (exact) mass is 334 g/mol. The molecule has 0 aromatic heterocycles. The zero-order chi connectivity index (χ0) is 18.2. The predicted molar refractivity (Wildman–Crippen MR) is 75.0 cm³/mol. The maximum Gasteiger partial charge on any atom is 0.347 e. The minimum absolute atomic E-state index is 0.136. The Hall–Kier alpha value is -2.16. The quantitative estimate of drug-likeness (QED) is 0.471. The van der Waals surface area contributed by atoms with E-state index in [1.807, 2.05) is 0 Å². The van der Waals surface area contributed by atoms with Crippen LogP contribution in [-0.2, 0) is 38.1 Å². The van der Waals surface area contributed by atoms with E-state index in [0.717, 1.165) is 0 Å². The first-order chi connectivity index (χ1) is 10.6. The van der Waals surface area contributed by atoms with Crippen LogP contribution in [0.4, 0.5) is 0 Å². The maximum absolute atomic E-state index is 11.7. The van der Waals surface area contributed by atoms with Crippen molar-refractivity contribution in [2.24, 2.45) is 0 Å². The van der Waals surface area contributed by atoms with E-state index in [1.165, 1.54) is 27.7 Å². The number of hydrogen-bond donors (Lipinski definition) is 1. The average Bonchev–Trinajstić information content (AvgIpc) is 2.46. The molecule has 4 atom stereocenters. The van der Waals surface area contributed by atoms with E-state index in [0.29, 0.717) is 0 Å². The molecule has 0 aliphatic heterocycles. The van der Waals surface area contributed by atoms with E-state index in [-0.39, 0.29) is 6.61 Å². The first-order valence-corrected chi connectivity index (χ1v) is 7.06. The first-order valence-electron chi connectivity index (χ1n) is 7.06. The Morgan fingerprint density at radius 3 is 1.43 bits per heavy atom. The summed E-state index contributed by atoms with van der Waals surface area (Å²) in [5.74, 6) is -3.67. The van der Waals surface area contributed by atoms with Crippen LogP contribution in [0.1, 0.15) is 34.6 Å². The molecule has 0 aromatic carbocycles. The molecule has 0 aromatic rings. The highest BCUT2D eigenvalue weighted by atomic mass is 16.6. The fourth-order valence-corrected chi connectivity index (χ4v) is 1.22. The Morgan fingerprint density at radius 1 is 0.739 bits per heavy atom. The van der Waals surface area contributed by atoms with E-state index in [4.69, 9.17) is 14.6 Å². The van der Waals surface area contributed by atoms with Crippen molar-refractivity contribution >= 4 is 23.9 Å². The van der Waals surface area contributed by atoms with E-state index >= 15 is 0 Å². The molecule has 0 saturated carbocycles. The number of hydrogen-bond acceptors (Lipinski definition) is 9. The molecule has 0 fully saturated rings. The smallest absolute Gasteiger partial charge is 0.347 e. The molecule has 0 bridgehead atoms. The molecular formula is C14H22O9. The van der Waals surface area contributed by atoms with Crippen molar-refractivity contribution < 1.29 is 43.2 Å². The summed E-state index contributed by atoms with van der Waals surface area (Å²) in [5.41, 5.74) is 0. The molecule has 0 spiro atoms. The van der Waals surface area contributed by atoms with Crippen LogP contribution in [-0.4, -0.2) is 60.0 Å². The summed E-state index contributed by atoms with van der Waals surface area (Å²) in [4.78, 5) is 45.8. The van der Waals surface area contributed by atoms with Gasteiger partial charge >= 0.3 is 23.9 Å². The summed E-state index contributed by atoms with van der Waals surface area (Å²) < 4.78 is 18.8. The van der Waals surface area contributed by atoms with Gasteiger partial charge in [-0.3, -0.25) is 0 Å². The first kappa shape index (κ1) is 20.8. The molecule has 0 rings (SSSR count). The molecule has 0 aliphatic rings. The second-order valence-corrected chi connectivity index (χ2v) is 4.67. The SMILES string of the molecule is CCOC(=O)C(C)OC(=O)C(C)OC(=O)C(C)OC(=O)C(C)O. The van der Waals surface area contributed by atoms with Gasteiger partial charge in [-0.15, -0.1) is 0 Å². The Morgan fingerprint density at radius 2 is 1.09 bits per heavy atom. The standard InChI is InChI=1S/C14H22O9/c1-6-20-12(17)8(3)22-14(19)10(5)23-13(18)9(4)21-11(16)7(2)15/h7-10,15H,6H2,1-5H3. The van der Waals surface area contributed by atoms with Crippen LogP contribution < -0.4 is 0 Å². The van der Waals surface area contributed by atoms with Gasteiger partial charge in [-0.1, -0.05) is 0 Å². The summed E-state index contributed by atoms with van der Waals surface area (Å²) in [6.07, 6.45) is -5.16. The normalized spacial score (nSPS) is 15.6. The molecule has 9 nitrogen and oxygen atoms in total. The number of aliphatic hydroxyl groups is 1. The van der Waals surface area contributed by atoms with Crippen LogP contribution in [0.3, 0.4) is 0 Å². The number of ether oxygens (including phenoxy) is 4. The van der Waals surface area contributed by atoms with Gasteiger partial charge in [-0.2, -0.15) is 0 Å². The fourth-order valence-electron chi connectivity index (χ4n) is 1.22. The molecule has 0 saturated heterocycles. The fraction of sp³-hybridized carbons (Fsp3) is 0.714. The topological polar surface area (TPSA) is 125 Å². The number of carbonyl (C=O) groups excluding carboxylic acids is 4. The third-order valence-corrected chi connectivity index (χ3v) is 2.50. The van der Waals surface area contributed by atoms with Crippen LogP contribution in [0.15, 0.2) is 0 Å². The Balaban J connectivity index is 4.42. The van der Waals surface area contributed by atoms with Gasteiger partial charge in [0.25, 0.3) is 0 Å². The van der Waals surface area contributed by atoms with Crippen molar-refractivity contribution in [1.29, 1.82) is 0 Å². The lowest BCUT2D eigenvalue weighted by atomic mass is 10.3. The molecule has 4 unspecified atom stereocenters. The van der Waals surface area contributed by atoms with Gasteiger partial charge in [0.1, 0.15) is 6.10 Å². The predicted octanol–water partition coefficient (Wildman–Crippen LogP) is -0.275. The number of carbonyl (C=O) groups is 4. The molecule has 23 heavy (non-hydrogen) atoms. The van der Waals surface area contributed by atoms with E-state index < -0.39 is 48.3 Å². The molecule has 9 heteroatoms. The minimum Gasteiger partial charge on any atom is -0.463 e. The third kappa shape index (κ3) is 7.59. The maximum atomic E-state index is 11.7. The van der Waals surface area contributed by atoms with Crippen molar-refractivity contribution in [1.82, 2.24) is 0 Å². The summed E-state index contributed by atoms with van der Waals surface area (Å²) in [6, 6.07) is 0. The van der Waals surface area contributed by atoms with Crippen LogP contribution in [0.2, 0.25) is 0 Å². The molecule has 1 N–H and O–H groups in total. The van der Waals surface area contributed by atoms with E-state index in [2.05, 4.69) is 9.47 Å². The Labute approximate surface area is 133 Å². The zero-order valence-electron chi connectivity index (χ0n) is 13.7. The lowest BCUT2D eigenvalue weighted by Crippen LogP contribution is -2.37. The van der Waals surface area contributed by atoms with Crippen LogP contribution in [0.5, 0.6) is 0 Å². The van der Waals surface area contributed by atoms with Gasteiger partial charge in [0.05, 0.1) is 6.61 Å². The molecule has 0 amide bonds. The molecule has 0 heterocycles. The highest BCUT2D eigenvalue weighted by molar-refractivity contribution is 5.85. The molecular weight excluding hydrogens is 312 g/mol. The van der Waals surface area contributed by atoms with Crippen molar-refractivity contribution in [3.8, 4) is 0 Å². The van der Waals surface area contributed by atoms with Crippen molar-refractivity contribution in [2.45, 2.75) is 59.0 Å². The Kier molecular flexibility index (Phi) is 8.86. The van der Waals surface area contributed by atoms with Crippen molar-refractivity contribution in [3.05, 3.63) is 0 Å². The van der Waals surface area contributed by atoms with Gasteiger partial charge in [0, 0.05) is 0 Å². The summed E-state index contributed by atoms with van der Waals surface area (Å²) in [6.45, 7) is 6.70. The lowest BCUT2D eigenvalue weighted by molar-refractivity contribution is -0.183. The highest BCUT2D eigenvalue weighted by Crippen LogP contribution is 2.05. The van der Waals surface area contributed by atoms with Gasteiger partial charge in [0.15, 0.2) is 18.3 Å². The van der Waals surface area contributed by atoms with Crippen molar-refractivity contribution in [2.75, 3.05) is 6.61 Å². The summed E-state index contributed by atoms with van der Waals surface area (Å²) >= 11 is 0. The molecule has 132 valence electrons. The van der Waals surface area contributed by atoms with E-state index in [1.54, 1.807) is 6.92 Å². The van der Waals surface area contributed by atoms with Gasteiger partial charge in [-0.25, -0.2) is 19.2 Å². The lowest BCUT2D eigenvalue weighted by Gasteiger charge is -2.18. The largest absolute Gasteiger partial charge is 0.463 e. The third-order valence-electron chi connectivity index (χ3n) is 2.50. The number of rotatable bonds is 8. The number of esters is 4. The minimum atomic E-state index is -1.39. The second-order valence-electron chi connectivity index (χ2n) is 4.67. The summed E-state index contributed by atoms with van der Waals surface area (Å²) in [7, 11) is 0. The summed E-state index contributed by atoms with van der Waals surface area (Å²) in [5, 5.41) is 8.97. The highest BCUT2D eigenvalue weighted by Gasteiger charge is 2.28. The Bertz CT molecular complexity index is 444. The molecule has 0 aliphatic carbocycles.